The van der Waals surface area contributed by atoms with E-state index < -0.39 is 60.4 Å². The molecule has 0 saturated heterocycles. The molecule has 12 nitrogen and oxygen atoms in total. The number of aliphatic hydroxyl groups is 2. The monoisotopic (exact) mass is 518 g/mol. The van der Waals surface area contributed by atoms with Crippen LogP contribution in [0.4, 0.5) is 0 Å². The lowest BCUT2D eigenvalue weighted by atomic mass is 9.79. The Labute approximate surface area is 210 Å². The first-order valence-electron chi connectivity index (χ1n) is 11.1. The van der Waals surface area contributed by atoms with Crippen LogP contribution in [0.3, 0.4) is 0 Å². The Kier molecular flexibility index (Phi) is 8.25. The molecule has 7 N–H and O–H groups in total. The van der Waals surface area contributed by atoms with E-state index in [-0.39, 0.29) is 30.1 Å². The molecule has 0 radical (unpaired) electrons. The molecule has 0 aromatic heterocycles. The molecular formula is C25H26O12. The predicted octanol–water partition coefficient (Wildman–Crippen LogP) is 0.949. The van der Waals surface area contributed by atoms with Crippen molar-refractivity contribution in [1.82, 2.24) is 0 Å². The SMILES string of the molecule is O=C(/C=C/c1ccc(O)c(O)c1)OC1CC(O)(C(=O)O)CC(O)C1OC(=O)CCc1ccc(O)c(O)c1. The van der Waals surface area contributed by atoms with E-state index in [4.69, 9.17) is 9.47 Å². The quantitative estimate of drug-likeness (QED) is 0.148. The van der Waals surface area contributed by atoms with E-state index in [1.165, 1.54) is 42.5 Å². The minimum absolute atomic E-state index is 0.0984. The first-order chi connectivity index (χ1) is 17.4. The van der Waals surface area contributed by atoms with E-state index in [1.807, 2.05) is 0 Å². The lowest BCUT2D eigenvalue weighted by Gasteiger charge is -2.40. The molecule has 4 atom stereocenters. The Morgan fingerprint density at radius 2 is 1.57 bits per heavy atom. The van der Waals surface area contributed by atoms with Gasteiger partial charge in [0.25, 0.3) is 0 Å². The summed E-state index contributed by atoms with van der Waals surface area (Å²) in [7, 11) is 0. The molecule has 37 heavy (non-hydrogen) atoms. The number of aromatic hydroxyl groups is 4. The summed E-state index contributed by atoms with van der Waals surface area (Å²) >= 11 is 0. The van der Waals surface area contributed by atoms with E-state index in [9.17, 15) is 50.1 Å². The number of ether oxygens (including phenoxy) is 2. The molecule has 1 saturated carbocycles. The number of aliphatic hydroxyl groups excluding tert-OH is 1. The number of phenolic OH excluding ortho intramolecular Hbond substituents is 4. The average molecular weight is 518 g/mol. The van der Waals surface area contributed by atoms with Crippen LogP contribution in [-0.2, 0) is 30.3 Å². The highest BCUT2D eigenvalue weighted by molar-refractivity contribution is 5.87. The summed E-state index contributed by atoms with van der Waals surface area (Å²) in [6, 6.07) is 7.75. The van der Waals surface area contributed by atoms with E-state index in [0.717, 1.165) is 6.08 Å². The molecule has 1 aliphatic rings. The number of hydrogen-bond donors (Lipinski definition) is 7. The first kappa shape index (κ1) is 27.3. The van der Waals surface area contributed by atoms with E-state index >= 15 is 0 Å². The fourth-order valence-corrected chi connectivity index (χ4v) is 3.86. The second-order valence-electron chi connectivity index (χ2n) is 8.65. The highest BCUT2D eigenvalue weighted by atomic mass is 16.6. The molecule has 3 rings (SSSR count). The number of aryl methyl sites for hydroxylation is 1. The van der Waals surface area contributed by atoms with Crippen LogP contribution in [0.5, 0.6) is 23.0 Å². The largest absolute Gasteiger partial charge is 0.504 e. The van der Waals surface area contributed by atoms with Gasteiger partial charge < -0.3 is 45.2 Å². The van der Waals surface area contributed by atoms with Crippen LogP contribution in [-0.4, -0.2) is 77.6 Å². The first-order valence-corrected chi connectivity index (χ1v) is 11.1. The van der Waals surface area contributed by atoms with Gasteiger partial charge in [-0.05, 0) is 47.9 Å². The summed E-state index contributed by atoms with van der Waals surface area (Å²) in [4.78, 5) is 36.4. The highest BCUT2D eigenvalue weighted by Gasteiger charge is 2.52. The molecule has 4 unspecified atom stereocenters. The summed E-state index contributed by atoms with van der Waals surface area (Å²) in [5, 5.41) is 68.1. The lowest BCUT2D eigenvalue weighted by Crippen LogP contribution is -2.58. The predicted molar refractivity (Wildman–Crippen MR) is 124 cm³/mol. The molecular weight excluding hydrogens is 492 g/mol. The maximum absolute atomic E-state index is 12.5. The Hall–Kier alpha value is -4.29. The van der Waals surface area contributed by atoms with Crippen LogP contribution in [0.15, 0.2) is 42.5 Å². The third-order valence-corrected chi connectivity index (χ3v) is 5.83. The summed E-state index contributed by atoms with van der Waals surface area (Å²) in [6.45, 7) is 0. The van der Waals surface area contributed by atoms with Gasteiger partial charge in [-0.3, -0.25) is 4.79 Å². The molecule has 0 bridgehead atoms. The van der Waals surface area contributed by atoms with Gasteiger partial charge in [-0.25, -0.2) is 9.59 Å². The van der Waals surface area contributed by atoms with Crippen molar-refractivity contribution in [2.24, 2.45) is 0 Å². The smallest absolute Gasteiger partial charge is 0.335 e. The summed E-state index contributed by atoms with van der Waals surface area (Å²) < 4.78 is 10.5. The number of benzene rings is 2. The van der Waals surface area contributed by atoms with Crippen molar-refractivity contribution in [2.45, 2.75) is 49.6 Å². The molecule has 2 aromatic carbocycles. The second kappa shape index (κ2) is 11.2. The molecule has 0 amide bonds. The molecule has 0 aliphatic heterocycles. The molecule has 0 spiro atoms. The zero-order chi connectivity index (χ0) is 27.3. The molecule has 1 fully saturated rings. The summed E-state index contributed by atoms with van der Waals surface area (Å²) in [5.74, 6) is -4.98. The van der Waals surface area contributed by atoms with Gasteiger partial charge in [0.05, 0.1) is 6.10 Å². The van der Waals surface area contributed by atoms with Gasteiger partial charge in [-0.2, -0.15) is 0 Å². The molecule has 12 heteroatoms. The fourth-order valence-electron chi connectivity index (χ4n) is 3.86. The van der Waals surface area contributed by atoms with Gasteiger partial charge in [0, 0.05) is 25.3 Å². The number of carboxylic acid groups (broad SMARTS) is 1. The molecule has 198 valence electrons. The minimum atomic E-state index is -2.44. The zero-order valence-electron chi connectivity index (χ0n) is 19.4. The second-order valence-corrected chi connectivity index (χ2v) is 8.65. The number of carbonyl (C=O) groups is 3. The van der Waals surface area contributed by atoms with E-state index in [2.05, 4.69) is 0 Å². The number of aliphatic carboxylic acids is 1. The van der Waals surface area contributed by atoms with Crippen molar-refractivity contribution in [3.8, 4) is 23.0 Å². The van der Waals surface area contributed by atoms with Crippen molar-refractivity contribution in [3.05, 3.63) is 53.6 Å². The minimum Gasteiger partial charge on any atom is -0.504 e. The van der Waals surface area contributed by atoms with Crippen LogP contribution in [0.25, 0.3) is 6.08 Å². The number of carboxylic acids is 1. The Morgan fingerprint density at radius 1 is 0.919 bits per heavy atom. The van der Waals surface area contributed by atoms with Gasteiger partial charge in [0.1, 0.15) is 6.10 Å². The number of carbonyl (C=O) groups excluding carboxylic acids is 2. The maximum Gasteiger partial charge on any atom is 0.335 e. The standard InChI is InChI=1S/C25H26O12/c26-15-5-1-13(9-17(15)28)3-7-21(31)36-20-12-25(35,24(33)34)11-19(30)23(20)37-22(32)8-4-14-2-6-16(27)18(29)10-14/h1-3,5-7,9-10,19-20,23,26-30,35H,4,8,11-12H2,(H,33,34)/b7-3+. The zero-order valence-corrected chi connectivity index (χ0v) is 19.4. The summed E-state index contributed by atoms with van der Waals surface area (Å²) in [5.41, 5.74) is -1.62. The number of rotatable bonds is 8. The topological polar surface area (TPSA) is 211 Å². The van der Waals surface area contributed by atoms with Gasteiger partial charge in [0.15, 0.2) is 34.7 Å². The Balaban J connectivity index is 1.70. The van der Waals surface area contributed by atoms with E-state index in [0.29, 0.717) is 11.1 Å². The third kappa shape index (κ3) is 6.90. The van der Waals surface area contributed by atoms with Crippen LogP contribution < -0.4 is 0 Å². The normalized spacial score (nSPS) is 23.5. The Bertz CT molecular complexity index is 1210. The van der Waals surface area contributed by atoms with Crippen molar-refractivity contribution in [1.29, 1.82) is 0 Å². The average Bonchev–Trinajstić information content (AvgIpc) is 2.82. The van der Waals surface area contributed by atoms with Crippen molar-refractivity contribution in [3.63, 3.8) is 0 Å². The maximum atomic E-state index is 12.5. The highest BCUT2D eigenvalue weighted by Crippen LogP contribution is 2.34. The number of esters is 2. The van der Waals surface area contributed by atoms with E-state index in [1.54, 1.807) is 0 Å². The Morgan fingerprint density at radius 3 is 2.19 bits per heavy atom. The van der Waals surface area contributed by atoms with Crippen LogP contribution in [0, 0.1) is 0 Å². The number of hydrogen-bond acceptors (Lipinski definition) is 11. The van der Waals surface area contributed by atoms with Gasteiger partial charge >= 0.3 is 17.9 Å². The summed E-state index contributed by atoms with van der Waals surface area (Å²) in [6.07, 6.45) is -3.96. The van der Waals surface area contributed by atoms with Crippen LogP contribution >= 0.6 is 0 Å². The fraction of sp³-hybridized carbons (Fsp3) is 0.320. The molecule has 2 aromatic rings. The van der Waals surface area contributed by atoms with Crippen molar-refractivity contribution in [2.75, 3.05) is 0 Å². The van der Waals surface area contributed by atoms with Gasteiger partial charge in [0.2, 0.25) is 0 Å². The van der Waals surface area contributed by atoms with Crippen molar-refractivity contribution < 1.29 is 59.6 Å². The molecule has 1 aliphatic carbocycles. The van der Waals surface area contributed by atoms with Crippen LogP contribution in [0.2, 0.25) is 0 Å². The van der Waals surface area contributed by atoms with Crippen molar-refractivity contribution >= 4 is 24.0 Å². The van der Waals surface area contributed by atoms with Gasteiger partial charge in [-0.15, -0.1) is 0 Å². The lowest BCUT2D eigenvalue weighted by molar-refractivity contribution is -0.206. The van der Waals surface area contributed by atoms with Gasteiger partial charge in [-0.1, -0.05) is 12.1 Å². The number of phenols is 4. The van der Waals surface area contributed by atoms with Crippen LogP contribution in [0.1, 0.15) is 30.4 Å². The third-order valence-electron chi connectivity index (χ3n) is 5.83. The molecule has 0 heterocycles.